The fraction of sp³-hybridized carbons (Fsp3) is 1.00. The topological polar surface area (TPSA) is 135 Å². The summed E-state index contributed by atoms with van der Waals surface area (Å²) in [5.74, 6) is 0. The van der Waals surface area contributed by atoms with Gasteiger partial charge in [-0.25, -0.2) is 0 Å². The van der Waals surface area contributed by atoms with Crippen molar-refractivity contribution in [2.24, 2.45) is 0 Å². The molecule has 94 valence electrons. The van der Waals surface area contributed by atoms with Crippen molar-refractivity contribution in [3.63, 3.8) is 0 Å². The fourth-order valence-electron chi connectivity index (χ4n) is 0.216. The fourth-order valence-corrected chi connectivity index (χ4v) is 0.216. The highest BCUT2D eigenvalue weighted by molar-refractivity contribution is 7.80. The molecule has 0 aliphatic rings. The van der Waals surface area contributed by atoms with E-state index in [2.05, 4.69) is 19.5 Å². The molecule has 0 amide bonds. The second-order valence-electron chi connectivity index (χ2n) is 1.82. The van der Waals surface area contributed by atoms with Crippen LogP contribution >= 0.6 is 0 Å². The van der Waals surface area contributed by atoms with E-state index in [4.69, 9.17) is 14.8 Å². The van der Waals surface area contributed by atoms with Gasteiger partial charge < -0.3 is 10.2 Å². The second-order valence-corrected chi connectivity index (χ2v) is 3.01. The summed E-state index contributed by atoms with van der Waals surface area (Å²) in [6.07, 6.45) is 0. The van der Waals surface area contributed by atoms with Crippen LogP contribution < -0.4 is 5.64 Å². The maximum absolute atomic E-state index is 9.33. The third kappa shape index (κ3) is 24.8. The van der Waals surface area contributed by atoms with Crippen LogP contribution in [0.4, 0.5) is 0 Å². The molecule has 0 aliphatic carbocycles. The maximum atomic E-state index is 9.33. The molecule has 0 aliphatic heterocycles. The molecule has 0 saturated carbocycles. The normalized spacial score (nSPS) is 10.7. The van der Waals surface area contributed by atoms with Crippen LogP contribution in [0, 0.1) is 0 Å². The minimum atomic E-state index is -4.16. The highest BCUT2D eigenvalue weighted by Gasteiger charge is 1.94. The van der Waals surface area contributed by atoms with E-state index < -0.39 is 10.4 Å². The van der Waals surface area contributed by atoms with Crippen molar-refractivity contribution in [2.75, 3.05) is 33.5 Å². The predicted molar refractivity (Wildman–Crippen MR) is 47.8 cm³/mol. The molecular formula is C5H15NO8S. The molecule has 0 rings (SSSR count). The summed E-state index contributed by atoms with van der Waals surface area (Å²) in [6.45, 7) is 0.224. The van der Waals surface area contributed by atoms with E-state index in [-0.39, 0.29) is 26.4 Å². The Labute approximate surface area is 87.4 Å². The van der Waals surface area contributed by atoms with E-state index in [0.29, 0.717) is 0 Å². The number of nitrogens with one attached hydrogen (secondary N) is 1. The van der Waals surface area contributed by atoms with Gasteiger partial charge in [0.2, 0.25) is 0 Å². The Kier molecular flexibility index (Phi) is 13.4. The summed E-state index contributed by atoms with van der Waals surface area (Å²) in [7, 11) is -3.29. The molecule has 0 fully saturated rings. The number of rotatable bonds is 7. The first-order chi connectivity index (χ1) is 6.97. The molecule has 0 bridgehead atoms. The van der Waals surface area contributed by atoms with Crippen LogP contribution in [0.3, 0.4) is 0 Å². The molecule has 0 heterocycles. The average molecular weight is 249 g/mol. The minimum absolute atomic E-state index is 0.0600. The SMILES string of the molecule is COS(=O)(=O)O.OCCONOCCO. The Balaban J connectivity index is 0. The van der Waals surface area contributed by atoms with Crippen molar-refractivity contribution >= 4 is 10.4 Å². The van der Waals surface area contributed by atoms with E-state index in [0.717, 1.165) is 7.11 Å². The molecule has 0 unspecified atom stereocenters. The van der Waals surface area contributed by atoms with E-state index >= 15 is 0 Å². The molecule has 0 aromatic rings. The third-order valence-corrected chi connectivity index (χ3v) is 1.14. The van der Waals surface area contributed by atoms with E-state index in [1.54, 1.807) is 0 Å². The van der Waals surface area contributed by atoms with E-state index in [1.165, 1.54) is 0 Å². The number of hydrogen-bond acceptors (Lipinski definition) is 8. The molecule has 0 atom stereocenters. The van der Waals surface area contributed by atoms with Crippen molar-refractivity contribution in [3.05, 3.63) is 0 Å². The van der Waals surface area contributed by atoms with Gasteiger partial charge in [-0.2, -0.15) is 8.42 Å². The molecule has 10 heteroatoms. The lowest BCUT2D eigenvalue weighted by Crippen LogP contribution is -2.19. The van der Waals surface area contributed by atoms with Gasteiger partial charge in [-0.1, -0.05) is 5.64 Å². The van der Waals surface area contributed by atoms with Crippen LogP contribution in [0.2, 0.25) is 0 Å². The van der Waals surface area contributed by atoms with Gasteiger partial charge in [0.05, 0.1) is 33.5 Å². The van der Waals surface area contributed by atoms with Crippen LogP contribution in [0.15, 0.2) is 0 Å². The van der Waals surface area contributed by atoms with Gasteiger partial charge >= 0.3 is 10.4 Å². The summed E-state index contributed by atoms with van der Waals surface area (Å²) in [5, 5.41) is 16.3. The lowest BCUT2D eigenvalue weighted by Gasteiger charge is -2.01. The summed E-state index contributed by atoms with van der Waals surface area (Å²) in [6, 6.07) is 0. The Morgan fingerprint density at radius 2 is 1.47 bits per heavy atom. The summed E-state index contributed by atoms with van der Waals surface area (Å²) >= 11 is 0. The van der Waals surface area contributed by atoms with Gasteiger partial charge in [0, 0.05) is 0 Å². The van der Waals surface area contributed by atoms with Gasteiger partial charge in [0.1, 0.15) is 0 Å². The zero-order valence-corrected chi connectivity index (χ0v) is 8.94. The van der Waals surface area contributed by atoms with Crippen LogP contribution in [0.1, 0.15) is 0 Å². The Morgan fingerprint density at radius 1 is 1.13 bits per heavy atom. The Morgan fingerprint density at radius 3 is 1.67 bits per heavy atom. The molecule has 0 spiro atoms. The summed E-state index contributed by atoms with van der Waals surface area (Å²) < 4.78 is 29.7. The molecule has 0 saturated heterocycles. The lowest BCUT2D eigenvalue weighted by atomic mass is 10.8. The van der Waals surface area contributed by atoms with Crippen molar-refractivity contribution in [2.45, 2.75) is 0 Å². The summed E-state index contributed by atoms with van der Waals surface area (Å²) in [5.41, 5.74) is 2.07. The zero-order valence-electron chi connectivity index (χ0n) is 8.12. The molecule has 4 N–H and O–H groups in total. The molecule has 15 heavy (non-hydrogen) atoms. The molecule has 9 nitrogen and oxygen atoms in total. The number of aliphatic hydroxyl groups excluding tert-OH is 2. The second kappa shape index (κ2) is 11.7. The summed E-state index contributed by atoms with van der Waals surface area (Å²) in [4.78, 5) is 8.90. The first-order valence-corrected chi connectivity index (χ1v) is 5.07. The van der Waals surface area contributed by atoms with Crippen molar-refractivity contribution < 1.29 is 37.0 Å². The molecule has 0 aromatic carbocycles. The van der Waals surface area contributed by atoms with Gasteiger partial charge in [0.15, 0.2) is 0 Å². The first-order valence-electron chi connectivity index (χ1n) is 3.71. The standard InChI is InChI=1S/C4H11NO4.CH4O4S/c6-1-3-8-5-9-4-2-7;1-5-6(2,3)4/h5-7H,1-4H2;1H3,(H,2,3,4). The van der Waals surface area contributed by atoms with Crippen molar-refractivity contribution in [3.8, 4) is 0 Å². The van der Waals surface area contributed by atoms with Crippen molar-refractivity contribution in [1.29, 1.82) is 0 Å². The van der Waals surface area contributed by atoms with Gasteiger partial charge in [-0.15, -0.1) is 0 Å². The largest absolute Gasteiger partial charge is 0.397 e. The maximum Gasteiger partial charge on any atom is 0.397 e. The number of hydrogen-bond donors (Lipinski definition) is 4. The van der Waals surface area contributed by atoms with Crippen molar-refractivity contribution in [1.82, 2.24) is 5.64 Å². The Bertz CT molecular complexity index is 199. The number of aliphatic hydroxyl groups is 2. The van der Waals surface area contributed by atoms with Gasteiger partial charge in [-0.3, -0.25) is 18.4 Å². The quantitative estimate of drug-likeness (QED) is 0.226. The molecule has 0 aromatic heterocycles. The van der Waals surface area contributed by atoms with E-state index in [1.807, 2.05) is 0 Å². The van der Waals surface area contributed by atoms with Crippen LogP contribution in [-0.2, 0) is 24.3 Å². The Hall–Kier alpha value is -0.330. The van der Waals surface area contributed by atoms with Crippen LogP contribution in [-0.4, -0.2) is 56.7 Å². The van der Waals surface area contributed by atoms with Gasteiger partial charge in [0.25, 0.3) is 0 Å². The van der Waals surface area contributed by atoms with E-state index in [9.17, 15) is 8.42 Å². The zero-order chi connectivity index (χ0) is 12.2. The van der Waals surface area contributed by atoms with Crippen LogP contribution in [0.25, 0.3) is 0 Å². The van der Waals surface area contributed by atoms with Gasteiger partial charge in [-0.05, 0) is 0 Å². The highest BCUT2D eigenvalue weighted by atomic mass is 32.3. The van der Waals surface area contributed by atoms with Crippen LogP contribution in [0.5, 0.6) is 0 Å². The molecular weight excluding hydrogens is 234 g/mol. The predicted octanol–water partition coefficient (Wildman–Crippen LogP) is -2.14. The molecule has 0 radical (unpaired) electrons. The highest BCUT2D eigenvalue weighted by Crippen LogP contribution is 1.74. The monoisotopic (exact) mass is 249 g/mol. The lowest BCUT2D eigenvalue weighted by molar-refractivity contribution is -0.178. The smallest absolute Gasteiger partial charge is 0.394 e. The first kappa shape index (κ1) is 17.1. The third-order valence-electron chi connectivity index (χ3n) is 0.715. The minimum Gasteiger partial charge on any atom is -0.394 e. The average Bonchev–Trinajstić information content (AvgIpc) is 2.18.